The highest BCUT2D eigenvalue weighted by molar-refractivity contribution is 5.75. The molecule has 1 N–H and O–H groups in total. The zero-order valence-electron chi connectivity index (χ0n) is 20.9. The summed E-state index contributed by atoms with van der Waals surface area (Å²) in [6.07, 6.45) is 20.4. The molecule has 0 aliphatic carbocycles. The average molecular weight is 429 g/mol. The Kier molecular flexibility index (Phi) is 23.5. The molecule has 0 heterocycles. The lowest BCUT2D eigenvalue weighted by molar-refractivity contribution is -0.153. The molecular weight excluding hydrogens is 376 g/mol. The van der Waals surface area contributed by atoms with Gasteiger partial charge >= 0.3 is 11.9 Å². The number of esters is 1. The standard InChI is InChI=1S/C18H36O2.C8H16O2/c1-5-6-7-8-9-10-11-12-13-14-15-16-20-17(19)18(2,3)4;1-2-3-4-5-6-7-8(9)10/h5-16H2,1-4H3;2-7H2,1H3,(H,9,10). The Balaban J connectivity index is 0. The Morgan fingerprint density at radius 3 is 1.37 bits per heavy atom. The summed E-state index contributed by atoms with van der Waals surface area (Å²) in [6, 6.07) is 0. The Labute approximate surface area is 187 Å². The first-order valence-corrected chi connectivity index (χ1v) is 12.6. The van der Waals surface area contributed by atoms with Gasteiger partial charge in [0.25, 0.3) is 0 Å². The first kappa shape index (κ1) is 31.1. The van der Waals surface area contributed by atoms with E-state index < -0.39 is 5.97 Å². The van der Waals surface area contributed by atoms with Crippen molar-refractivity contribution in [2.24, 2.45) is 5.41 Å². The Morgan fingerprint density at radius 2 is 1.00 bits per heavy atom. The summed E-state index contributed by atoms with van der Waals surface area (Å²) in [5, 5.41) is 8.27. The van der Waals surface area contributed by atoms with Gasteiger partial charge in [-0.25, -0.2) is 0 Å². The summed E-state index contributed by atoms with van der Waals surface area (Å²) in [7, 11) is 0. The van der Waals surface area contributed by atoms with E-state index in [4.69, 9.17) is 9.84 Å². The number of rotatable bonds is 18. The van der Waals surface area contributed by atoms with Crippen LogP contribution in [0.3, 0.4) is 0 Å². The van der Waals surface area contributed by atoms with Gasteiger partial charge in [0.05, 0.1) is 12.0 Å². The van der Waals surface area contributed by atoms with Crippen molar-refractivity contribution in [3.63, 3.8) is 0 Å². The van der Waals surface area contributed by atoms with Gasteiger partial charge in [-0.15, -0.1) is 0 Å². The Bertz CT molecular complexity index is 385. The summed E-state index contributed by atoms with van der Waals surface area (Å²) in [4.78, 5) is 21.6. The molecule has 4 heteroatoms. The minimum absolute atomic E-state index is 0.0791. The highest BCUT2D eigenvalue weighted by atomic mass is 16.5. The van der Waals surface area contributed by atoms with Crippen LogP contribution in [0.1, 0.15) is 144 Å². The van der Waals surface area contributed by atoms with Crippen LogP contribution in [0, 0.1) is 5.41 Å². The molecule has 0 saturated carbocycles. The maximum atomic E-state index is 11.5. The molecule has 0 rings (SSSR count). The van der Waals surface area contributed by atoms with Gasteiger partial charge in [-0.05, 0) is 33.6 Å². The van der Waals surface area contributed by atoms with Gasteiger partial charge in [-0.3, -0.25) is 9.59 Å². The van der Waals surface area contributed by atoms with Gasteiger partial charge in [0, 0.05) is 6.42 Å². The quantitative estimate of drug-likeness (QED) is 0.176. The third-order valence-electron chi connectivity index (χ3n) is 5.09. The number of carboxylic acids is 1. The summed E-state index contributed by atoms with van der Waals surface area (Å²) >= 11 is 0. The van der Waals surface area contributed by atoms with E-state index in [1.54, 1.807) is 0 Å². The van der Waals surface area contributed by atoms with Crippen LogP contribution in [-0.4, -0.2) is 23.7 Å². The van der Waals surface area contributed by atoms with Crippen molar-refractivity contribution >= 4 is 11.9 Å². The van der Waals surface area contributed by atoms with Crippen LogP contribution in [0.25, 0.3) is 0 Å². The van der Waals surface area contributed by atoms with Gasteiger partial charge in [0.15, 0.2) is 0 Å². The number of carboxylic acid groups (broad SMARTS) is 1. The predicted molar refractivity (Wildman–Crippen MR) is 128 cm³/mol. The van der Waals surface area contributed by atoms with Crippen molar-refractivity contribution in [3.05, 3.63) is 0 Å². The summed E-state index contributed by atoms with van der Waals surface area (Å²) in [5.74, 6) is -0.749. The third kappa shape index (κ3) is 26.9. The minimum Gasteiger partial charge on any atom is -0.481 e. The first-order valence-electron chi connectivity index (χ1n) is 12.6. The first-order chi connectivity index (χ1) is 14.3. The van der Waals surface area contributed by atoms with Crippen LogP contribution in [0.5, 0.6) is 0 Å². The molecule has 0 aromatic carbocycles. The second-order valence-electron chi connectivity index (χ2n) is 9.48. The molecular formula is C26H52O4. The molecule has 0 aromatic rings. The highest BCUT2D eigenvalue weighted by Gasteiger charge is 2.22. The van der Waals surface area contributed by atoms with Crippen molar-refractivity contribution in [3.8, 4) is 0 Å². The van der Waals surface area contributed by atoms with Crippen molar-refractivity contribution in [1.29, 1.82) is 0 Å². The van der Waals surface area contributed by atoms with E-state index in [2.05, 4.69) is 13.8 Å². The fraction of sp³-hybridized carbons (Fsp3) is 0.923. The smallest absolute Gasteiger partial charge is 0.311 e. The van der Waals surface area contributed by atoms with E-state index in [0.29, 0.717) is 13.0 Å². The second kappa shape index (κ2) is 22.6. The molecule has 180 valence electrons. The Morgan fingerprint density at radius 1 is 0.633 bits per heavy atom. The summed E-state index contributed by atoms with van der Waals surface area (Å²) in [6.45, 7) is 10.7. The van der Waals surface area contributed by atoms with Crippen molar-refractivity contribution in [2.45, 2.75) is 144 Å². The van der Waals surface area contributed by atoms with Gasteiger partial charge in [-0.2, -0.15) is 0 Å². The summed E-state index contributed by atoms with van der Waals surface area (Å²) in [5.41, 5.74) is -0.363. The van der Waals surface area contributed by atoms with Crippen LogP contribution in [0.4, 0.5) is 0 Å². The molecule has 30 heavy (non-hydrogen) atoms. The normalized spacial score (nSPS) is 11.0. The zero-order valence-corrected chi connectivity index (χ0v) is 20.9. The van der Waals surface area contributed by atoms with Gasteiger partial charge < -0.3 is 9.84 Å². The molecule has 0 unspecified atom stereocenters. The topological polar surface area (TPSA) is 63.6 Å². The minimum atomic E-state index is -0.670. The lowest BCUT2D eigenvalue weighted by Crippen LogP contribution is -2.23. The van der Waals surface area contributed by atoms with Crippen molar-refractivity contribution < 1.29 is 19.4 Å². The fourth-order valence-corrected chi connectivity index (χ4v) is 3.03. The monoisotopic (exact) mass is 428 g/mol. The highest BCUT2D eigenvalue weighted by Crippen LogP contribution is 2.16. The van der Waals surface area contributed by atoms with Gasteiger partial charge in [-0.1, -0.05) is 104 Å². The molecule has 0 aromatic heterocycles. The SMILES string of the molecule is CCCCCCCC(=O)O.CCCCCCCCCCCCCOC(=O)C(C)(C)C. The summed E-state index contributed by atoms with van der Waals surface area (Å²) < 4.78 is 5.25. The van der Waals surface area contributed by atoms with Crippen LogP contribution in [0.15, 0.2) is 0 Å². The molecule has 0 fully saturated rings. The number of unbranched alkanes of at least 4 members (excludes halogenated alkanes) is 14. The Hall–Kier alpha value is -1.06. The largest absolute Gasteiger partial charge is 0.481 e. The van der Waals surface area contributed by atoms with E-state index in [1.165, 1.54) is 83.5 Å². The van der Waals surface area contributed by atoms with Crippen molar-refractivity contribution in [1.82, 2.24) is 0 Å². The van der Waals surface area contributed by atoms with E-state index in [0.717, 1.165) is 19.3 Å². The van der Waals surface area contributed by atoms with Gasteiger partial charge in [0.2, 0.25) is 0 Å². The number of hydrogen-bond acceptors (Lipinski definition) is 3. The lowest BCUT2D eigenvalue weighted by Gasteiger charge is -2.16. The number of carbonyl (C=O) groups excluding carboxylic acids is 1. The van der Waals surface area contributed by atoms with Crippen LogP contribution < -0.4 is 0 Å². The van der Waals surface area contributed by atoms with E-state index >= 15 is 0 Å². The van der Waals surface area contributed by atoms with Gasteiger partial charge in [0.1, 0.15) is 0 Å². The number of carbonyl (C=O) groups is 2. The van der Waals surface area contributed by atoms with Crippen LogP contribution in [-0.2, 0) is 14.3 Å². The molecule has 0 bridgehead atoms. The van der Waals surface area contributed by atoms with E-state index in [-0.39, 0.29) is 11.4 Å². The molecule has 0 aliphatic rings. The third-order valence-corrected chi connectivity index (χ3v) is 5.09. The molecule has 0 aliphatic heterocycles. The number of aliphatic carboxylic acids is 1. The molecule has 0 atom stereocenters. The van der Waals surface area contributed by atoms with E-state index in [1.807, 2.05) is 20.8 Å². The number of ether oxygens (including phenoxy) is 1. The molecule has 0 saturated heterocycles. The molecule has 0 amide bonds. The molecule has 0 spiro atoms. The second-order valence-corrected chi connectivity index (χ2v) is 9.48. The average Bonchev–Trinajstić information content (AvgIpc) is 2.68. The predicted octanol–water partition coefficient (Wildman–Crippen LogP) is 8.32. The fourth-order valence-electron chi connectivity index (χ4n) is 3.03. The lowest BCUT2D eigenvalue weighted by atomic mass is 9.97. The van der Waals surface area contributed by atoms with Crippen LogP contribution >= 0.6 is 0 Å². The maximum Gasteiger partial charge on any atom is 0.311 e. The van der Waals surface area contributed by atoms with Crippen LogP contribution in [0.2, 0.25) is 0 Å². The molecule has 4 nitrogen and oxygen atoms in total. The molecule has 0 radical (unpaired) electrons. The van der Waals surface area contributed by atoms with Crippen molar-refractivity contribution in [2.75, 3.05) is 6.61 Å². The maximum absolute atomic E-state index is 11.5. The number of hydrogen-bond donors (Lipinski definition) is 1. The van der Waals surface area contributed by atoms with E-state index in [9.17, 15) is 9.59 Å². The zero-order chi connectivity index (χ0) is 23.1.